The number of nitrogens with zero attached hydrogens (tertiary/aromatic N) is 1. The van der Waals surface area contributed by atoms with Crippen LogP contribution in [0.15, 0.2) is 224 Å². The molecular weight excluding hydrogens is 683 g/mol. The molecule has 0 N–H and O–H groups in total. The summed E-state index contributed by atoms with van der Waals surface area (Å²) in [6.07, 6.45) is 0. The van der Waals surface area contributed by atoms with Crippen LogP contribution >= 0.6 is 0 Å². The first-order valence-corrected chi connectivity index (χ1v) is 20.8. The predicted octanol–water partition coefficient (Wildman–Crippen LogP) is 11.1. The molecule has 0 aliphatic carbocycles. The van der Waals surface area contributed by atoms with Crippen LogP contribution in [0.5, 0.6) is 11.5 Å². The predicted molar refractivity (Wildman–Crippen MR) is 233 cm³/mol. The topological polar surface area (TPSA) is 12.5 Å². The summed E-state index contributed by atoms with van der Waals surface area (Å²) in [7, 11) is -2.84. The maximum absolute atomic E-state index is 6.64. The average Bonchev–Trinajstić information content (AvgIpc) is 3.27. The SMILES string of the molecule is c1ccc(-c2ccc(N(c3ccc(-c4cccc5ccccc45)cc3)c3cccc([Si]4(c5ccccc5)c5ccccc5Oc5ccccc54)c3)cc2)cc1. The van der Waals surface area contributed by atoms with Crippen molar-refractivity contribution in [1.82, 2.24) is 0 Å². The van der Waals surface area contributed by atoms with Gasteiger partial charge in [-0.1, -0.05) is 176 Å². The second kappa shape index (κ2) is 13.8. The lowest BCUT2D eigenvalue weighted by Gasteiger charge is -2.40. The molecule has 1 aliphatic heterocycles. The van der Waals surface area contributed by atoms with Gasteiger partial charge in [0.05, 0.1) is 0 Å². The van der Waals surface area contributed by atoms with Crippen LogP contribution in [0.4, 0.5) is 17.1 Å². The molecule has 1 heterocycles. The van der Waals surface area contributed by atoms with E-state index in [1.54, 1.807) is 0 Å². The fraction of sp³-hybridized carbons (Fsp3) is 0. The van der Waals surface area contributed by atoms with Gasteiger partial charge in [0.15, 0.2) is 8.07 Å². The van der Waals surface area contributed by atoms with Gasteiger partial charge in [0.25, 0.3) is 0 Å². The minimum atomic E-state index is -2.84. The number of ether oxygens (including phenoxy) is 1. The Morgan fingerprint density at radius 3 is 1.55 bits per heavy atom. The molecule has 55 heavy (non-hydrogen) atoms. The van der Waals surface area contributed by atoms with Gasteiger partial charge in [0, 0.05) is 17.1 Å². The first-order chi connectivity index (χ1) is 27.3. The van der Waals surface area contributed by atoms with E-state index in [0.29, 0.717) is 0 Å². The Balaban J connectivity index is 1.16. The molecule has 0 fully saturated rings. The molecule has 1 aliphatic rings. The summed E-state index contributed by atoms with van der Waals surface area (Å²) in [6, 6.07) is 81.4. The highest BCUT2D eigenvalue weighted by Gasteiger charge is 2.48. The summed E-state index contributed by atoms with van der Waals surface area (Å²) in [5.74, 6) is 1.86. The van der Waals surface area contributed by atoms with Crippen LogP contribution in [0.2, 0.25) is 0 Å². The molecule has 0 amide bonds. The summed E-state index contributed by atoms with van der Waals surface area (Å²) in [4.78, 5) is 2.40. The van der Waals surface area contributed by atoms with E-state index < -0.39 is 8.07 Å². The molecular formula is C52H37NOSi. The molecule has 0 atom stereocenters. The number of hydrogen-bond donors (Lipinski definition) is 0. The van der Waals surface area contributed by atoms with Crippen molar-refractivity contribution in [2.24, 2.45) is 0 Å². The normalized spacial score (nSPS) is 12.7. The van der Waals surface area contributed by atoms with Crippen molar-refractivity contribution < 1.29 is 4.74 Å². The first-order valence-electron chi connectivity index (χ1n) is 18.8. The van der Waals surface area contributed by atoms with Crippen molar-refractivity contribution in [1.29, 1.82) is 0 Å². The van der Waals surface area contributed by atoms with Gasteiger partial charge in [-0.15, -0.1) is 0 Å². The molecule has 0 aromatic heterocycles. The van der Waals surface area contributed by atoms with Gasteiger partial charge in [0.1, 0.15) is 11.5 Å². The lowest BCUT2D eigenvalue weighted by atomic mass is 9.98. The van der Waals surface area contributed by atoms with Crippen LogP contribution in [-0.4, -0.2) is 8.07 Å². The van der Waals surface area contributed by atoms with Crippen LogP contribution < -0.4 is 30.4 Å². The van der Waals surface area contributed by atoms with Gasteiger partial charge in [0.2, 0.25) is 0 Å². The third kappa shape index (κ3) is 5.65. The highest BCUT2D eigenvalue weighted by Crippen LogP contribution is 2.38. The largest absolute Gasteiger partial charge is 0.458 e. The van der Waals surface area contributed by atoms with Crippen molar-refractivity contribution in [3.05, 3.63) is 224 Å². The van der Waals surface area contributed by atoms with Crippen LogP contribution in [0.3, 0.4) is 0 Å². The summed E-state index contributed by atoms with van der Waals surface area (Å²) in [5, 5.41) is 7.65. The molecule has 0 radical (unpaired) electrons. The van der Waals surface area contributed by atoms with Crippen molar-refractivity contribution in [3.63, 3.8) is 0 Å². The van der Waals surface area contributed by atoms with Gasteiger partial charge >= 0.3 is 0 Å². The zero-order valence-corrected chi connectivity index (χ0v) is 31.2. The fourth-order valence-electron chi connectivity index (χ4n) is 8.50. The number of fused-ring (bicyclic) bond motifs is 3. The van der Waals surface area contributed by atoms with E-state index in [-0.39, 0.29) is 0 Å². The van der Waals surface area contributed by atoms with Crippen molar-refractivity contribution in [2.45, 2.75) is 0 Å². The molecule has 260 valence electrons. The third-order valence-corrected chi connectivity index (χ3v) is 15.8. The van der Waals surface area contributed by atoms with Gasteiger partial charge < -0.3 is 9.64 Å². The average molecular weight is 720 g/mol. The maximum atomic E-state index is 6.64. The van der Waals surface area contributed by atoms with E-state index in [2.05, 4.69) is 229 Å². The zero-order chi connectivity index (χ0) is 36.6. The Hall–Kier alpha value is -6.94. The van der Waals surface area contributed by atoms with E-state index in [1.807, 2.05) is 0 Å². The van der Waals surface area contributed by atoms with Crippen LogP contribution in [0, 0.1) is 0 Å². The van der Waals surface area contributed by atoms with Gasteiger partial charge in [-0.25, -0.2) is 0 Å². The number of para-hydroxylation sites is 2. The number of rotatable bonds is 7. The summed E-state index contributed by atoms with van der Waals surface area (Å²) in [5.41, 5.74) is 8.12. The lowest BCUT2D eigenvalue weighted by molar-refractivity contribution is 0.487. The quantitative estimate of drug-likeness (QED) is 0.152. The smallest absolute Gasteiger partial charge is 0.188 e. The zero-order valence-electron chi connectivity index (χ0n) is 30.2. The third-order valence-electron chi connectivity index (χ3n) is 11.0. The van der Waals surface area contributed by atoms with Crippen LogP contribution in [-0.2, 0) is 0 Å². The minimum absolute atomic E-state index is 0.930. The molecule has 0 unspecified atom stereocenters. The second-order valence-electron chi connectivity index (χ2n) is 14.1. The van der Waals surface area contributed by atoms with Gasteiger partial charge in [-0.3, -0.25) is 0 Å². The molecule has 9 aromatic rings. The highest BCUT2D eigenvalue weighted by molar-refractivity contribution is 7.20. The van der Waals surface area contributed by atoms with Crippen molar-refractivity contribution >= 4 is 56.7 Å². The Morgan fingerprint density at radius 1 is 0.345 bits per heavy atom. The van der Waals surface area contributed by atoms with Gasteiger partial charge in [-0.05, 0) is 102 Å². The lowest BCUT2D eigenvalue weighted by Crippen LogP contribution is -2.76. The van der Waals surface area contributed by atoms with Crippen molar-refractivity contribution in [2.75, 3.05) is 4.90 Å². The molecule has 0 saturated heterocycles. The number of hydrogen-bond acceptors (Lipinski definition) is 2. The molecule has 3 heteroatoms. The monoisotopic (exact) mass is 719 g/mol. The number of benzene rings is 9. The molecule has 0 bridgehead atoms. The number of anilines is 3. The Morgan fingerprint density at radius 2 is 0.855 bits per heavy atom. The summed E-state index contributed by atoms with van der Waals surface area (Å²) < 4.78 is 6.64. The first kappa shape index (κ1) is 32.7. The molecule has 9 aromatic carbocycles. The fourth-order valence-corrected chi connectivity index (χ4v) is 13.5. The molecule has 10 rings (SSSR count). The summed E-state index contributed by atoms with van der Waals surface area (Å²) in [6.45, 7) is 0. The molecule has 0 spiro atoms. The Bertz CT molecular complexity index is 2730. The van der Waals surface area contributed by atoms with Crippen LogP contribution in [0.1, 0.15) is 0 Å². The Labute approximate surface area is 323 Å². The van der Waals surface area contributed by atoms with Crippen LogP contribution in [0.25, 0.3) is 33.0 Å². The van der Waals surface area contributed by atoms with E-state index in [0.717, 1.165) is 28.6 Å². The standard InChI is InChI=1S/C52H37NOSi/c1-3-15-38(16-4-1)39-29-33-42(34-30-39)53(43-35-31-41(32-36-43)48-24-13-18-40-17-7-8-23-47(40)48)44-19-14-22-46(37-44)55(45-20-5-2-6-21-45)51-27-11-9-25-49(51)54-50-26-10-12-28-52(50)55/h1-37H. The minimum Gasteiger partial charge on any atom is -0.458 e. The van der Waals surface area contributed by atoms with E-state index in [4.69, 9.17) is 4.74 Å². The van der Waals surface area contributed by atoms with Crippen molar-refractivity contribution in [3.8, 4) is 33.8 Å². The molecule has 2 nitrogen and oxygen atoms in total. The van der Waals surface area contributed by atoms with E-state index >= 15 is 0 Å². The highest BCUT2D eigenvalue weighted by atomic mass is 28.3. The maximum Gasteiger partial charge on any atom is 0.188 e. The molecule has 0 saturated carbocycles. The second-order valence-corrected chi connectivity index (χ2v) is 17.8. The Kier molecular flexibility index (Phi) is 8.20. The summed E-state index contributed by atoms with van der Waals surface area (Å²) >= 11 is 0. The van der Waals surface area contributed by atoms with E-state index in [9.17, 15) is 0 Å². The van der Waals surface area contributed by atoms with E-state index in [1.165, 1.54) is 53.8 Å². The van der Waals surface area contributed by atoms with Gasteiger partial charge in [-0.2, -0.15) is 0 Å².